The van der Waals surface area contributed by atoms with Crippen LogP contribution in [0.15, 0.2) is 24.3 Å². The Morgan fingerprint density at radius 1 is 1.11 bits per heavy atom. The van der Waals surface area contributed by atoms with E-state index in [4.69, 9.17) is 0 Å². The molecular formula is C6H8F2S. The third-order valence-electron chi connectivity index (χ3n) is 1.27. The Hall–Kier alpha value is -0.310. The van der Waals surface area contributed by atoms with Gasteiger partial charge in [0.25, 0.3) is 0 Å². The summed E-state index contributed by atoms with van der Waals surface area (Å²) in [7, 11) is -3.34. The molecular weight excluding hydrogens is 142 g/mol. The molecule has 0 radical (unpaired) electrons. The summed E-state index contributed by atoms with van der Waals surface area (Å²) in [5.74, 6) is -0.238. The van der Waals surface area contributed by atoms with Crippen molar-refractivity contribution in [2.24, 2.45) is 0 Å². The van der Waals surface area contributed by atoms with Crippen LogP contribution in [0.3, 0.4) is 0 Å². The van der Waals surface area contributed by atoms with Crippen molar-refractivity contribution in [1.29, 1.82) is 0 Å². The van der Waals surface area contributed by atoms with Crippen molar-refractivity contribution >= 4 is 10.8 Å². The largest absolute Gasteiger partial charge is 0.157 e. The fourth-order valence-corrected chi connectivity index (χ4v) is 2.29. The minimum Gasteiger partial charge on any atom is -0.157 e. The van der Waals surface area contributed by atoms with Gasteiger partial charge in [0.15, 0.2) is 0 Å². The summed E-state index contributed by atoms with van der Waals surface area (Å²) < 4.78 is 24.8. The molecule has 0 aromatic carbocycles. The standard InChI is InChI=1S/C6H8F2S/c1-5-3-9(7,8)4-6(5)2/h1-4H2. The van der Waals surface area contributed by atoms with Crippen molar-refractivity contribution in [2.75, 3.05) is 11.5 Å². The van der Waals surface area contributed by atoms with Crippen LogP contribution in [0.5, 0.6) is 0 Å². The monoisotopic (exact) mass is 150 g/mol. The highest BCUT2D eigenvalue weighted by Crippen LogP contribution is 2.59. The van der Waals surface area contributed by atoms with Crippen LogP contribution >= 0.6 is 10.8 Å². The van der Waals surface area contributed by atoms with Gasteiger partial charge >= 0.3 is 0 Å². The zero-order chi connectivity index (χ0) is 7.07. The molecule has 0 saturated carbocycles. The Morgan fingerprint density at radius 2 is 1.44 bits per heavy atom. The van der Waals surface area contributed by atoms with Gasteiger partial charge in [0.2, 0.25) is 0 Å². The second kappa shape index (κ2) is 1.84. The SMILES string of the molecule is C=C1CS(F)(F)CC1=C. The first-order valence-corrected chi connectivity index (χ1v) is 4.32. The van der Waals surface area contributed by atoms with Gasteiger partial charge < -0.3 is 0 Å². The lowest BCUT2D eigenvalue weighted by molar-refractivity contribution is 0.757. The Bertz CT molecular complexity index is 154. The second-order valence-corrected chi connectivity index (χ2v) is 4.17. The molecule has 1 aliphatic rings. The normalized spacial score (nSPS) is 28.7. The summed E-state index contributed by atoms with van der Waals surface area (Å²) in [6, 6.07) is 0. The third kappa shape index (κ3) is 1.33. The molecule has 0 aromatic rings. The van der Waals surface area contributed by atoms with Gasteiger partial charge in [0.1, 0.15) is 0 Å². The van der Waals surface area contributed by atoms with Crippen molar-refractivity contribution in [3.05, 3.63) is 24.3 Å². The van der Waals surface area contributed by atoms with E-state index in [0.717, 1.165) is 0 Å². The van der Waals surface area contributed by atoms with Gasteiger partial charge in [-0.2, -0.15) is 7.77 Å². The van der Waals surface area contributed by atoms with Crippen LogP contribution in [-0.2, 0) is 0 Å². The van der Waals surface area contributed by atoms with Crippen LogP contribution < -0.4 is 0 Å². The summed E-state index contributed by atoms with van der Waals surface area (Å²) in [6.45, 7) is 6.94. The van der Waals surface area contributed by atoms with E-state index in [9.17, 15) is 7.77 Å². The highest BCUT2D eigenvalue weighted by Gasteiger charge is 2.32. The summed E-state index contributed by atoms with van der Waals surface area (Å²) in [5, 5.41) is 0. The third-order valence-corrected chi connectivity index (χ3v) is 2.81. The van der Waals surface area contributed by atoms with Crippen molar-refractivity contribution in [1.82, 2.24) is 0 Å². The van der Waals surface area contributed by atoms with Crippen LogP contribution in [0.25, 0.3) is 0 Å². The van der Waals surface area contributed by atoms with Crippen molar-refractivity contribution < 1.29 is 7.77 Å². The molecule has 0 aromatic heterocycles. The molecule has 1 heterocycles. The summed E-state index contributed by atoms with van der Waals surface area (Å²) >= 11 is 0. The Balaban J connectivity index is 2.76. The number of hydrogen-bond donors (Lipinski definition) is 0. The topological polar surface area (TPSA) is 0 Å². The Kier molecular flexibility index (Phi) is 1.39. The fraction of sp³-hybridized carbons (Fsp3) is 0.333. The van der Waals surface area contributed by atoms with Gasteiger partial charge in [0.05, 0.1) is 22.3 Å². The van der Waals surface area contributed by atoms with E-state index in [2.05, 4.69) is 13.2 Å². The molecule has 0 N–H and O–H groups in total. The molecule has 1 saturated heterocycles. The molecule has 1 aliphatic heterocycles. The van der Waals surface area contributed by atoms with Crippen LogP contribution in [0.4, 0.5) is 7.77 Å². The van der Waals surface area contributed by atoms with Gasteiger partial charge in [-0.1, -0.05) is 13.2 Å². The minimum absolute atomic E-state index is 0.119. The van der Waals surface area contributed by atoms with E-state index in [1.54, 1.807) is 0 Å². The predicted molar refractivity (Wildman–Crippen MR) is 37.8 cm³/mol. The van der Waals surface area contributed by atoms with Crippen molar-refractivity contribution in [2.45, 2.75) is 0 Å². The first-order chi connectivity index (χ1) is 4.01. The van der Waals surface area contributed by atoms with E-state index in [0.29, 0.717) is 11.1 Å². The van der Waals surface area contributed by atoms with Crippen LogP contribution in [0.1, 0.15) is 0 Å². The average Bonchev–Trinajstić information content (AvgIpc) is 1.79. The van der Waals surface area contributed by atoms with Crippen LogP contribution in [0.2, 0.25) is 0 Å². The lowest BCUT2D eigenvalue weighted by atomic mass is 10.2. The molecule has 52 valence electrons. The van der Waals surface area contributed by atoms with Gasteiger partial charge in [-0.25, -0.2) is 0 Å². The lowest BCUT2D eigenvalue weighted by Crippen LogP contribution is -1.83. The maximum absolute atomic E-state index is 12.4. The van der Waals surface area contributed by atoms with Crippen LogP contribution in [0, 0.1) is 0 Å². The summed E-state index contributed by atoms with van der Waals surface area (Å²) in [5.41, 5.74) is 1.07. The molecule has 0 bridgehead atoms. The van der Waals surface area contributed by atoms with Gasteiger partial charge in [-0.15, -0.1) is 0 Å². The molecule has 3 heteroatoms. The molecule has 0 nitrogen and oxygen atoms in total. The highest BCUT2D eigenvalue weighted by atomic mass is 32.3. The lowest BCUT2D eigenvalue weighted by Gasteiger charge is -2.09. The van der Waals surface area contributed by atoms with Crippen molar-refractivity contribution in [3.8, 4) is 0 Å². The van der Waals surface area contributed by atoms with E-state index in [1.807, 2.05) is 0 Å². The average molecular weight is 150 g/mol. The van der Waals surface area contributed by atoms with Crippen molar-refractivity contribution in [3.63, 3.8) is 0 Å². The number of rotatable bonds is 0. The van der Waals surface area contributed by atoms with Gasteiger partial charge in [-0.05, 0) is 11.1 Å². The molecule has 0 spiro atoms. The maximum atomic E-state index is 12.4. The predicted octanol–water partition coefficient (Wildman–Crippen LogP) is 2.69. The summed E-state index contributed by atoms with van der Waals surface area (Å²) in [4.78, 5) is 0. The molecule has 0 amide bonds. The Morgan fingerprint density at radius 3 is 1.56 bits per heavy atom. The van der Waals surface area contributed by atoms with Gasteiger partial charge in [-0.3, -0.25) is 0 Å². The maximum Gasteiger partial charge on any atom is 0.0656 e. The zero-order valence-corrected chi connectivity index (χ0v) is 5.81. The second-order valence-electron chi connectivity index (χ2n) is 2.19. The summed E-state index contributed by atoms with van der Waals surface area (Å²) in [6.07, 6.45) is 0. The zero-order valence-electron chi connectivity index (χ0n) is 4.99. The number of hydrogen-bond acceptors (Lipinski definition) is 0. The quantitative estimate of drug-likeness (QED) is 0.498. The molecule has 0 unspecified atom stereocenters. The van der Waals surface area contributed by atoms with Crippen LogP contribution in [-0.4, -0.2) is 11.5 Å². The molecule has 1 fully saturated rings. The molecule has 0 aliphatic carbocycles. The smallest absolute Gasteiger partial charge is 0.0656 e. The minimum atomic E-state index is -3.34. The molecule has 0 atom stereocenters. The first kappa shape index (κ1) is 6.81. The molecule has 9 heavy (non-hydrogen) atoms. The van der Waals surface area contributed by atoms with E-state index in [1.165, 1.54) is 0 Å². The van der Waals surface area contributed by atoms with E-state index in [-0.39, 0.29) is 11.5 Å². The fourth-order valence-electron chi connectivity index (χ4n) is 0.765. The van der Waals surface area contributed by atoms with E-state index >= 15 is 0 Å². The van der Waals surface area contributed by atoms with E-state index < -0.39 is 10.8 Å². The molecule has 1 rings (SSSR count). The first-order valence-electron chi connectivity index (χ1n) is 2.55. The number of halogens is 2. The van der Waals surface area contributed by atoms with Gasteiger partial charge in [0, 0.05) is 0 Å². The Labute approximate surface area is 55.2 Å². The highest BCUT2D eigenvalue weighted by molar-refractivity contribution is 8.25.